The highest BCUT2D eigenvalue weighted by Gasteiger charge is 2.31. The number of benzene rings is 3. The molecular formula is C27H33N5O3S. The molecule has 0 heterocycles. The number of hydrogen-bond donors (Lipinski definition) is 3. The molecule has 3 aromatic rings. The predicted octanol–water partition coefficient (Wildman–Crippen LogP) is 3.10. The second kappa shape index (κ2) is 11.1. The Morgan fingerprint density at radius 1 is 1.03 bits per heavy atom. The average molecular weight is 508 g/mol. The van der Waals surface area contributed by atoms with Crippen molar-refractivity contribution in [2.45, 2.75) is 55.5 Å². The minimum atomic E-state index is -3.96. The van der Waals surface area contributed by atoms with Crippen LogP contribution < -0.4 is 16.3 Å². The molecule has 0 saturated heterocycles. The molecule has 190 valence electrons. The van der Waals surface area contributed by atoms with Crippen LogP contribution in [0.3, 0.4) is 0 Å². The molecule has 5 N–H and O–H groups in total. The first-order chi connectivity index (χ1) is 17.3. The van der Waals surface area contributed by atoms with Crippen molar-refractivity contribution >= 4 is 32.5 Å². The van der Waals surface area contributed by atoms with E-state index in [4.69, 9.17) is 11.6 Å². The number of amides is 1. The first kappa shape index (κ1) is 25.7. The SMILES string of the molecule is CN(C(=O)[C@H](Cc1ccc(/C(N)=N/N)cc1)NS(=O)(=O)c1ccc2ccccc2c1)C1CCCCC1. The predicted molar refractivity (Wildman–Crippen MR) is 143 cm³/mol. The van der Waals surface area contributed by atoms with Crippen LogP contribution in [0.15, 0.2) is 76.7 Å². The summed E-state index contributed by atoms with van der Waals surface area (Å²) in [6.45, 7) is 0. The van der Waals surface area contributed by atoms with Crippen LogP contribution in [0.1, 0.15) is 43.2 Å². The first-order valence-corrected chi connectivity index (χ1v) is 13.7. The fraction of sp³-hybridized carbons (Fsp3) is 0.333. The molecule has 1 fully saturated rings. The number of nitrogens with zero attached hydrogens (tertiary/aromatic N) is 2. The molecule has 0 aromatic heterocycles. The van der Waals surface area contributed by atoms with E-state index >= 15 is 0 Å². The van der Waals surface area contributed by atoms with Crippen molar-refractivity contribution in [3.63, 3.8) is 0 Å². The molecule has 9 heteroatoms. The summed E-state index contributed by atoms with van der Waals surface area (Å²) in [5.74, 6) is 5.22. The average Bonchev–Trinajstić information content (AvgIpc) is 2.92. The van der Waals surface area contributed by atoms with Gasteiger partial charge in [-0.15, -0.1) is 0 Å². The molecule has 3 aromatic carbocycles. The van der Waals surface area contributed by atoms with Gasteiger partial charge in [-0.05, 0) is 47.7 Å². The molecule has 1 atom stereocenters. The Hall–Kier alpha value is -3.43. The molecule has 0 radical (unpaired) electrons. The third kappa shape index (κ3) is 5.85. The lowest BCUT2D eigenvalue weighted by atomic mass is 9.93. The third-order valence-electron chi connectivity index (χ3n) is 6.93. The summed E-state index contributed by atoms with van der Waals surface area (Å²) in [7, 11) is -2.18. The summed E-state index contributed by atoms with van der Waals surface area (Å²) in [4.78, 5) is 15.5. The molecule has 0 bridgehead atoms. The summed E-state index contributed by atoms with van der Waals surface area (Å²) in [6, 6.07) is 18.8. The maximum Gasteiger partial charge on any atom is 0.241 e. The monoisotopic (exact) mass is 507 g/mol. The Bertz CT molecular complexity index is 1350. The maximum atomic E-state index is 13.6. The maximum absolute atomic E-state index is 13.6. The molecule has 1 aliphatic rings. The Morgan fingerprint density at radius 3 is 2.36 bits per heavy atom. The van der Waals surface area contributed by atoms with Gasteiger partial charge in [0, 0.05) is 18.7 Å². The summed E-state index contributed by atoms with van der Waals surface area (Å²) in [5, 5.41) is 5.26. The van der Waals surface area contributed by atoms with Crippen molar-refractivity contribution in [2.24, 2.45) is 16.7 Å². The Labute approximate surface area is 212 Å². The highest BCUT2D eigenvalue weighted by atomic mass is 32.2. The van der Waals surface area contributed by atoms with E-state index < -0.39 is 16.1 Å². The van der Waals surface area contributed by atoms with Gasteiger partial charge in [0.15, 0.2) is 0 Å². The fourth-order valence-corrected chi connectivity index (χ4v) is 6.01. The van der Waals surface area contributed by atoms with Crippen LogP contribution in [0, 0.1) is 0 Å². The number of fused-ring (bicyclic) bond motifs is 1. The number of amidine groups is 1. The number of sulfonamides is 1. The normalized spacial score (nSPS) is 16.1. The first-order valence-electron chi connectivity index (χ1n) is 12.2. The van der Waals surface area contributed by atoms with Gasteiger partial charge in [0.2, 0.25) is 15.9 Å². The van der Waals surface area contributed by atoms with E-state index in [9.17, 15) is 13.2 Å². The molecule has 1 saturated carbocycles. The van der Waals surface area contributed by atoms with Gasteiger partial charge in [-0.2, -0.15) is 9.82 Å². The quantitative estimate of drug-likeness (QED) is 0.187. The van der Waals surface area contributed by atoms with Crippen molar-refractivity contribution in [1.82, 2.24) is 9.62 Å². The van der Waals surface area contributed by atoms with E-state index in [-0.39, 0.29) is 29.1 Å². The zero-order chi connectivity index (χ0) is 25.7. The van der Waals surface area contributed by atoms with Gasteiger partial charge < -0.3 is 16.5 Å². The van der Waals surface area contributed by atoms with Gasteiger partial charge in [-0.3, -0.25) is 4.79 Å². The van der Waals surface area contributed by atoms with Gasteiger partial charge in [-0.25, -0.2) is 8.42 Å². The van der Waals surface area contributed by atoms with Crippen molar-refractivity contribution in [3.05, 3.63) is 77.9 Å². The summed E-state index contributed by atoms with van der Waals surface area (Å²) in [6.07, 6.45) is 5.36. The number of rotatable bonds is 8. The van der Waals surface area contributed by atoms with E-state index in [2.05, 4.69) is 9.82 Å². The minimum Gasteiger partial charge on any atom is -0.382 e. The molecule has 0 aliphatic heterocycles. The van der Waals surface area contributed by atoms with Gasteiger partial charge in [-0.1, -0.05) is 73.9 Å². The van der Waals surface area contributed by atoms with Gasteiger partial charge >= 0.3 is 0 Å². The number of carbonyl (C=O) groups is 1. The lowest BCUT2D eigenvalue weighted by molar-refractivity contribution is -0.134. The molecule has 1 amide bonds. The van der Waals surface area contributed by atoms with E-state index in [1.165, 1.54) is 0 Å². The van der Waals surface area contributed by atoms with Crippen LogP contribution in [-0.2, 0) is 21.2 Å². The summed E-state index contributed by atoms with van der Waals surface area (Å²) < 4.78 is 29.6. The highest BCUT2D eigenvalue weighted by molar-refractivity contribution is 7.89. The molecule has 4 rings (SSSR count). The zero-order valence-corrected chi connectivity index (χ0v) is 21.2. The summed E-state index contributed by atoms with van der Waals surface area (Å²) in [5.41, 5.74) is 7.22. The van der Waals surface area contributed by atoms with Crippen LogP contribution in [0.5, 0.6) is 0 Å². The van der Waals surface area contributed by atoms with Crippen molar-refractivity contribution in [3.8, 4) is 0 Å². The largest absolute Gasteiger partial charge is 0.382 e. The van der Waals surface area contributed by atoms with Crippen molar-refractivity contribution < 1.29 is 13.2 Å². The summed E-state index contributed by atoms with van der Waals surface area (Å²) >= 11 is 0. The number of hydrogen-bond acceptors (Lipinski definition) is 5. The van der Waals surface area contributed by atoms with Crippen molar-refractivity contribution in [1.29, 1.82) is 0 Å². The van der Waals surface area contributed by atoms with E-state index in [0.29, 0.717) is 5.56 Å². The van der Waals surface area contributed by atoms with Gasteiger partial charge in [0.25, 0.3) is 0 Å². The Kier molecular flexibility index (Phi) is 7.91. The van der Waals surface area contributed by atoms with Crippen LogP contribution in [0.25, 0.3) is 10.8 Å². The molecule has 0 unspecified atom stereocenters. The minimum absolute atomic E-state index is 0.113. The smallest absolute Gasteiger partial charge is 0.241 e. The zero-order valence-electron chi connectivity index (χ0n) is 20.4. The molecule has 1 aliphatic carbocycles. The van der Waals surface area contributed by atoms with Crippen LogP contribution in [0.4, 0.5) is 0 Å². The lowest BCUT2D eigenvalue weighted by Gasteiger charge is -2.34. The van der Waals surface area contributed by atoms with E-state index in [1.54, 1.807) is 54.4 Å². The van der Waals surface area contributed by atoms with Gasteiger partial charge in [0.1, 0.15) is 11.9 Å². The van der Waals surface area contributed by atoms with Crippen molar-refractivity contribution in [2.75, 3.05) is 7.05 Å². The van der Waals surface area contributed by atoms with Gasteiger partial charge in [0.05, 0.1) is 4.90 Å². The van der Waals surface area contributed by atoms with Crippen LogP contribution >= 0.6 is 0 Å². The Balaban J connectivity index is 1.62. The molecule has 8 nitrogen and oxygen atoms in total. The standard InChI is InChI=1S/C27H33N5O3S/c1-32(23-9-3-2-4-10-23)27(33)25(17-19-11-13-21(14-12-19)26(28)30-29)31-36(34,35)24-16-15-20-7-5-6-8-22(20)18-24/h5-8,11-16,18,23,25,31H,2-4,9-10,17,29H2,1H3,(H2,28,30)/t25-/m0/s1. The third-order valence-corrected chi connectivity index (χ3v) is 8.39. The lowest BCUT2D eigenvalue weighted by Crippen LogP contribution is -2.51. The highest BCUT2D eigenvalue weighted by Crippen LogP contribution is 2.24. The second-order valence-electron chi connectivity index (χ2n) is 9.34. The molecule has 36 heavy (non-hydrogen) atoms. The number of nitrogens with two attached hydrogens (primary N) is 2. The number of likely N-dealkylation sites (N-methyl/N-ethyl adjacent to an activating group) is 1. The topological polar surface area (TPSA) is 131 Å². The van der Waals surface area contributed by atoms with E-state index in [1.807, 2.05) is 24.3 Å². The number of hydrazone groups is 1. The second-order valence-corrected chi connectivity index (χ2v) is 11.1. The van der Waals surface area contributed by atoms with Crippen LogP contribution in [0.2, 0.25) is 0 Å². The Morgan fingerprint density at radius 2 is 1.69 bits per heavy atom. The fourth-order valence-electron chi connectivity index (χ4n) is 4.79. The molecular weight excluding hydrogens is 474 g/mol. The number of carbonyl (C=O) groups excluding carboxylic acids is 1. The number of nitrogens with one attached hydrogen (secondary N) is 1. The van der Waals surface area contributed by atoms with E-state index in [0.717, 1.165) is 48.4 Å². The molecule has 0 spiro atoms. The van der Waals surface area contributed by atoms with Crippen LogP contribution in [-0.4, -0.2) is 44.2 Å².